The molecule has 45 heavy (non-hydrogen) atoms. The number of carbonyl (C=O) groups excluding carboxylic acids is 1. The molecule has 0 saturated carbocycles. The van der Waals surface area contributed by atoms with Crippen LogP contribution in [0.4, 0.5) is 0 Å². The molecule has 1 fully saturated rings. The highest BCUT2D eigenvalue weighted by molar-refractivity contribution is 6.37. The van der Waals surface area contributed by atoms with Crippen molar-refractivity contribution in [2.24, 2.45) is 5.92 Å². The summed E-state index contributed by atoms with van der Waals surface area (Å²) in [6, 6.07) is 17.6. The largest absolute Gasteiger partial charge is 0.490 e. The highest BCUT2D eigenvalue weighted by Crippen LogP contribution is 2.34. The SMILES string of the molecule is COCCCc1cc(CNC(=O)C(C)Cc2ccc(OCCOc3c(Cl)cc(C)cc3Cl)cc2)cc(OCN2CCOCC2)c1. The first kappa shape index (κ1) is 34.9. The minimum absolute atomic E-state index is 0.00136. The molecule has 0 aromatic heterocycles. The van der Waals surface area contributed by atoms with E-state index < -0.39 is 0 Å². The van der Waals surface area contributed by atoms with E-state index in [0.717, 1.165) is 67.3 Å². The molecule has 3 aromatic rings. The Bertz CT molecular complexity index is 1340. The zero-order valence-electron chi connectivity index (χ0n) is 26.4. The molecule has 8 nitrogen and oxygen atoms in total. The van der Waals surface area contributed by atoms with Gasteiger partial charge < -0.3 is 29.0 Å². The molecule has 244 valence electrons. The van der Waals surface area contributed by atoms with Crippen LogP contribution >= 0.6 is 23.2 Å². The van der Waals surface area contributed by atoms with Gasteiger partial charge in [-0.1, -0.05) is 48.3 Å². The van der Waals surface area contributed by atoms with Crippen molar-refractivity contribution in [3.05, 3.63) is 86.9 Å². The van der Waals surface area contributed by atoms with E-state index in [1.165, 1.54) is 5.56 Å². The lowest BCUT2D eigenvalue weighted by Crippen LogP contribution is -2.38. The maximum absolute atomic E-state index is 13.0. The second-order valence-electron chi connectivity index (χ2n) is 11.3. The van der Waals surface area contributed by atoms with E-state index in [2.05, 4.69) is 22.3 Å². The second-order valence-corrected chi connectivity index (χ2v) is 12.1. The molecule has 1 aliphatic heterocycles. The Kier molecular flexibility index (Phi) is 14.1. The monoisotopic (exact) mass is 658 g/mol. The first-order valence-corrected chi connectivity index (χ1v) is 16.2. The van der Waals surface area contributed by atoms with Crippen molar-refractivity contribution >= 4 is 29.1 Å². The summed E-state index contributed by atoms with van der Waals surface area (Å²) in [5.74, 6) is 1.79. The quantitative estimate of drug-likeness (QED) is 0.166. The second kappa shape index (κ2) is 18.2. The van der Waals surface area contributed by atoms with Crippen molar-refractivity contribution in [2.75, 3.05) is 60.0 Å². The van der Waals surface area contributed by atoms with Crippen LogP contribution in [0.3, 0.4) is 0 Å². The number of rotatable bonds is 17. The molecule has 0 bridgehead atoms. The van der Waals surface area contributed by atoms with Crippen molar-refractivity contribution in [3.63, 3.8) is 0 Å². The number of nitrogens with one attached hydrogen (secondary N) is 1. The zero-order chi connectivity index (χ0) is 32.0. The Hall–Kier alpha value is -3.01. The fraction of sp³-hybridized carbons (Fsp3) is 0.457. The normalized spacial score (nSPS) is 14.2. The van der Waals surface area contributed by atoms with Gasteiger partial charge >= 0.3 is 0 Å². The topological polar surface area (TPSA) is 78.5 Å². The average molecular weight is 660 g/mol. The lowest BCUT2D eigenvalue weighted by Gasteiger charge is -2.26. The van der Waals surface area contributed by atoms with Crippen LogP contribution in [0.15, 0.2) is 54.6 Å². The Labute approximate surface area is 276 Å². The molecule has 1 heterocycles. The van der Waals surface area contributed by atoms with Crippen molar-refractivity contribution in [1.29, 1.82) is 0 Å². The molecule has 1 saturated heterocycles. The number of hydrogen-bond donors (Lipinski definition) is 1. The van der Waals surface area contributed by atoms with Gasteiger partial charge in [0, 0.05) is 39.3 Å². The van der Waals surface area contributed by atoms with Gasteiger partial charge in [-0.2, -0.15) is 0 Å². The van der Waals surface area contributed by atoms with Crippen LogP contribution in [0.2, 0.25) is 10.0 Å². The van der Waals surface area contributed by atoms with Crippen molar-refractivity contribution in [2.45, 2.75) is 39.7 Å². The fourth-order valence-electron chi connectivity index (χ4n) is 5.03. The van der Waals surface area contributed by atoms with Gasteiger partial charge in [0.25, 0.3) is 0 Å². The maximum atomic E-state index is 13.0. The van der Waals surface area contributed by atoms with Crippen molar-refractivity contribution in [3.8, 4) is 17.2 Å². The van der Waals surface area contributed by atoms with Crippen LogP contribution < -0.4 is 19.5 Å². The average Bonchev–Trinajstić information content (AvgIpc) is 3.03. The molecule has 0 radical (unpaired) electrons. The maximum Gasteiger partial charge on any atom is 0.223 e. The van der Waals surface area contributed by atoms with E-state index in [1.807, 2.05) is 56.3 Å². The van der Waals surface area contributed by atoms with Crippen molar-refractivity contribution in [1.82, 2.24) is 10.2 Å². The molecule has 10 heteroatoms. The Morgan fingerprint density at radius 1 is 0.889 bits per heavy atom. The van der Waals surface area contributed by atoms with E-state index in [-0.39, 0.29) is 11.8 Å². The number of benzene rings is 3. The summed E-state index contributed by atoms with van der Waals surface area (Å²) in [7, 11) is 1.71. The smallest absolute Gasteiger partial charge is 0.223 e. The molecule has 1 amide bonds. The molecular formula is C35H44Cl2N2O6. The fourth-order valence-corrected chi connectivity index (χ4v) is 5.74. The summed E-state index contributed by atoms with van der Waals surface area (Å²) < 4.78 is 28.3. The standard InChI is InChI=1S/C35H44Cl2N2O6/c1-25-17-32(36)34(33(37)18-25)44-16-15-43-30-8-6-27(7-9-30)19-26(2)35(40)38-23-29-20-28(5-4-12-41-3)21-31(22-29)45-24-39-10-13-42-14-11-39/h6-9,17-18,20-22,26H,4-5,10-16,19,23-24H2,1-3H3,(H,38,40). The molecule has 4 rings (SSSR count). The van der Waals surface area contributed by atoms with Gasteiger partial charge in [-0.3, -0.25) is 9.69 Å². The summed E-state index contributed by atoms with van der Waals surface area (Å²) >= 11 is 12.5. The van der Waals surface area contributed by atoms with Gasteiger partial charge in [0.05, 0.1) is 23.3 Å². The van der Waals surface area contributed by atoms with Crippen molar-refractivity contribution < 1.29 is 28.5 Å². The zero-order valence-corrected chi connectivity index (χ0v) is 27.9. The first-order valence-electron chi connectivity index (χ1n) is 15.4. The summed E-state index contributed by atoms with van der Waals surface area (Å²) in [5, 5.41) is 4.07. The van der Waals surface area contributed by atoms with E-state index in [9.17, 15) is 4.79 Å². The Morgan fingerprint density at radius 2 is 1.58 bits per heavy atom. The van der Waals surface area contributed by atoms with Crippen LogP contribution in [0.25, 0.3) is 0 Å². The molecule has 0 aliphatic carbocycles. The number of amides is 1. The number of nitrogens with zero attached hydrogens (tertiary/aromatic N) is 1. The van der Waals surface area contributed by atoms with Crippen LogP contribution in [0.5, 0.6) is 17.2 Å². The number of halogens is 2. The van der Waals surface area contributed by atoms with E-state index in [0.29, 0.717) is 55.3 Å². The lowest BCUT2D eigenvalue weighted by molar-refractivity contribution is -0.124. The number of carbonyl (C=O) groups is 1. The minimum Gasteiger partial charge on any atom is -0.490 e. The summed E-state index contributed by atoms with van der Waals surface area (Å²) in [5.41, 5.74) is 4.21. The highest BCUT2D eigenvalue weighted by atomic mass is 35.5. The third kappa shape index (κ3) is 11.7. The number of morpholine rings is 1. The summed E-state index contributed by atoms with van der Waals surface area (Å²) in [4.78, 5) is 15.3. The highest BCUT2D eigenvalue weighted by Gasteiger charge is 2.15. The number of ether oxygens (including phenoxy) is 5. The minimum atomic E-state index is -0.198. The molecule has 1 atom stereocenters. The van der Waals surface area contributed by atoms with E-state index in [1.54, 1.807) is 7.11 Å². The first-order chi connectivity index (χ1) is 21.8. The number of aryl methyl sites for hydroxylation is 2. The van der Waals surface area contributed by atoms with E-state index in [4.69, 9.17) is 46.9 Å². The summed E-state index contributed by atoms with van der Waals surface area (Å²) in [6.45, 7) is 9.33. The lowest BCUT2D eigenvalue weighted by atomic mass is 10.00. The molecule has 1 unspecified atom stereocenters. The third-order valence-electron chi connectivity index (χ3n) is 7.48. The predicted molar refractivity (Wildman–Crippen MR) is 178 cm³/mol. The molecule has 1 N–H and O–H groups in total. The van der Waals surface area contributed by atoms with Crippen LogP contribution in [-0.2, 0) is 33.7 Å². The molecule has 3 aromatic carbocycles. The van der Waals surface area contributed by atoms with Crippen LogP contribution in [0, 0.1) is 12.8 Å². The molecule has 0 spiro atoms. The number of hydrogen-bond acceptors (Lipinski definition) is 7. The van der Waals surface area contributed by atoms with Gasteiger partial charge in [-0.15, -0.1) is 0 Å². The Morgan fingerprint density at radius 3 is 2.29 bits per heavy atom. The van der Waals surface area contributed by atoms with Crippen LogP contribution in [0.1, 0.15) is 35.6 Å². The van der Waals surface area contributed by atoms with Gasteiger partial charge in [-0.25, -0.2) is 0 Å². The summed E-state index contributed by atoms with van der Waals surface area (Å²) in [6.07, 6.45) is 2.41. The predicted octanol–water partition coefficient (Wildman–Crippen LogP) is 6.50. The van der Waals surface area contributed by atoms with Gasteiger partial charge in [0.2, 0.25) is 5.91 Å². The molecule has 1 aliphatic rings. The van der Waals surface area contributed by atoms with Gasteiger partial charge in [0.15, 0.2) is 5.75 Å². The van der Waals surface area contributed by atoms with Gasteiger partial charge in [-0.05, 0) is 84.8 Å². The van der Waals surface area contributed by atoms with Gasteiger partial charge in [0.1, 0.15) is 31.4 Å². The van der Waals surface area contributed by atoms with E-state index >= 15 is 0 Å². The Balaban J connectivity index is 1.23. The molecular weight excluding hydrogens is 615 g/mol. The number of methoxy groups -OCH3 is 1. The third-order valence-corrected chi connectivity index (χ3v) is 8.04. The van der Waals surface area contributed by atoms with Crippen LogP contribution in [-0.4, -0.2) is 70.8 Å².